The van der Waals surface area contributed by atoms with Crippen molar-refractivity contribution in [1.82, 2.24) is 21.3 Å². The van der Waals surface area contributed by atoms with Gasteiger partial charge in [0.05, 0.1) is 24.2 Å². The van der Waals surface area contributed by atoms with E-state index in [0.717, 1.165) is 22.3 Å². The summed E-state index contributed by atoms with van der Waals surface area (Å²) in [5.41, 5.74) is 33.8. The van der Waals surface area contributed by atoms with Crippen LogP contribution in [-0.4, -0.2) is 103 Å². The van der Waals surface area contributed by atoms with E-state index in [0.29, 0.717) is 51.4 Å². The molecule has 9 atom stereocenters. The molecule has 0 fully saturated rings. The van der Waals surface area contributed by atoms with Crippen molar-refractivity contribution in [3.8, 4) is 0 Å². The standard InChI is InChI=1S/C68H97N9O9.2CH4/c1-45(2)35-58(76-67(85)53(37-47-21-9-5-10-22-47)43-60(78)55(71)39-49-25-13-7-14-26-49)62(80)41-51(29-19-32-69)65(83)74-34-18-17-31-57(64(73)82)75-66(84)52(30-20-33-70)42-63(81)59(36-46(3)4)77-68(86)54(38-48-23-11-6-12-24-48)44-61(79)56(72)40-50-27-15-8-16-28-50;;/h5-16,21-28,45-46,51-59H,17-20,29-44,69-72H2,1-4H3,(H2,73,82)(H,74,83)(H,75,84)(H,76,85)(H,77,86);2*1H4/t51-,52-,53-,54-,55+,56+,57-,58+,59+;;/m0../s1. The number of hydrogen-bond acceptors (Lipinski definition) is 13. The molecule has 484 valence electrons. The molecular formula is C70H105N9O9. The third kappa shape index (κ3) is 28.7. The van der Waals surface area contributed by atoms with E-state index in [4.69, 9.17) is 28.7 Å². The van der Waals surface area contributed by atoms with Crippen LogP contribution >= 0.6 is 0 Å². The van der Waals surface area contributed by atoms with Crippen LogP contribution in [0.5, 0.6) is 0 Å². The molecule has 0 aliphatic carbocycles. The van der Waals surface area contributed by atoms with Crippen molar-refractivity contribution >= 4 is 52.7 Å². The monoisotopic (exact) mass is 1220 g/mol. The molecule has 14 N–H and O–H groups in total. The molecular weight excluding hydrogens is 1110 g/mol. The van der Waals surface area contributed by atoms with Gasteiger partial charge in [-0.3, -0.25) is 43.2 Å². The molecule has 4 aromatic carbocycles. The summed E-state index contributed by atoms with van der Waals surface area (Å²) in [5.74, 6) is -7.27. The number of amides is 5. The van der Waals surface area contributed by atoms with Crippen LogP contribution in [0, 0.1) is 35.5 Å². The zero-order valence-corrected chi connectivity index (χ0v) is 51.1. The van der Waals surface area contributed by atoms with E-state index in [2.05, 4.69) is 21.3 Å². The molecule has 4 aromatic rings. The van der Waals surface area contributed by atoms with Gasteiger partial charge < -0.3 is 49.9 Å². The lowest BCUT2D eigenvalue weighted by Gasteiger charge is -2.26. The topological polar surface area (TPSA) is 332 Å². The zero-order valence-electron chi connectivity index (χ0n) is 51.1. The highest BCUT2D eigenvalue weighted by Crippen LogP contribution is 2.23. The van der Waals surface area contributed by atoms with Crippen molar-refractivity contribution < 1.29 is 43.2 Å². The maximum absolute atomic E-state index is 14.3. The predicted molar refractivity (Wildman–Crippen MR) is 350 cm³/mol. The first-order valence-corrected chi connectivity index (χ1v) is 30.8. The number of carbonyl (C=O) groups is 9. The summed E-state index contributed by atoms with van der Waals surface area (Å²) >= 11 is 0. The Morgan fingerprint density at radius 2 is 0.705 bits per heavy atom. The van der Waals surface area contributed by atoms with E-state index in [1.165, 1.54) is 0 Å². The molecule has 0 aliphatic heterocycles. The first-order chi connectivity index (χ1) is 41.2. The van der Waals surface area contributed by atoms with Gasteiger partial charge in [0.2, 0.25) is 29.5 Å². The van der Waals surface area contributed by atoms with Gasteiger partial charge in [-0.25, -0.2) is 0 Å². The highest BCUT2D eigenvalue weighted by Gasteiger charge is 2.35. The molecule has 18 heteroatoms. The molecule has 0 saturated carbocycles. The van der Waals surface area contributed by atoms with Gasteiger partial charge in [-0.1, -0.05) is 164 Å². The van der Waals surface area contributed by atoms with E-state index in [1.807, 2.05) is 149 Å². The van der Waals surface area contributed by atoms with Gasteiger partial charge in [-0.15, -0.1) is 0 Å². The molecule has 0 bridgehead atoms. The molecule has 0 spiro atoms. The van der Waals surface area contributed by atoms with Crippen LogP contribution in [0.2, 0.25) is 0 Å². The Bertz CT molecular complexity index is 2730. The fourth-order valence-corrected chi connectivity index (χ4v) is 10.7. The average molecular weight is 1220 g/mol. The van der Waals surface area contributed by atoms with Gasteiger partial charge in [0, 0.05) is 55.9 Å². The van der Waals surface area contributed by atoms with Crippen LogP contribution in [0.15, 0.2) is 121 Å². The number of nitrogens with one attached hydrogen (secondary N) is 4. The van der Waals surface area contributed by atoms with Crippen LogP contribution in [0.3, 0.4) is 0 Å². The summed E-state index contributed by atoms with van der Waals surface area (Å²) in [6.07, 6.45) is 3.23. The van der Waals surface area contributed by atoms with E-state index in [1.54, 1.807) is 0 Å². The molecule has 0 aromatic heterocycles. The number of nitrogens with two attached hydrogens (primary N) is 5. The second-order valence-electron chi connectivity index (χ2n) is 23.9. The molecule has 18 nitrogen and oxygen atoms in total. The summed E-state index contributed by atoms with van der Waals surface area (Å²) in [6.45, 7) is 8.39. The van der Waals surface area contributed by atoms with Gasteiger partial charge in [0.25, 0.3) is 0 Å². The van der Waals surface area contributed by atoms with Gasteiger partial charge in [-0.2, -0.15) is 0 Å². The third-order valence-electron chi connectivity index (χ3n) is 15.6. The Morgan fingerprint density at radius 3 is 1.05 bits per heavy atom. The molecule has 5 amide bonds. The molecule has 88 heavy (non-hydrogen) atoms. The summed E-state index contributed by atoms with van der Waals surface area (Å²) in [5, 5.41) is 11.6. The number of primary amides is 1. The van der Waals surface area contributed by atoms with Crippen molar-refractivity contribution in [3.63, 3.8) is 0 Å². The Kier molecular flexibility index (Phi) is 36.5. The Labute approximate surface area is 524 Å². The Morgan fingerprint density at radius 1 is 0.386 bits per heavy atom. The average Bonchev–Trinajstić information content (AvgIpc) is 2.60. The molecule has 0 heterocycles. The Balaban J connectivity index is 0.0000132. The molecule has 4 rings (SSSR count). The van der Waals surface area contributed by atoms with E-state index < -0.39 is 77.5 Å². The van der Waals surface area contributed by atoms with Crippen molar-refractivity contribution in [2.75, 3.05) is 19.6 Å². The quantitative estimate of drug-likeness (QED) is 0.0202. The summed E-state index contributed by atoms with van der Waals surface area (Å²) < 4.78 is 0. The lowest BCUT2D eigenvalue weighted by Crippen LogP contribution is -2.49. The first kappa shape index (κ1) is 76.8. The van der Waals surface area contributed by atoms with E-state index in [-0.39, 0.29) is 133 Å². The van der Waals surface area contributed by atoms with Gasteiger partial charge in [0.1, 0.15) is 6.04 Å². The highest BCUT2D eigenvalue weighted by molar-refractivity contribution is 5.96. The SMILES string of the molecule is C.C.CC(C)C[C@@H](NC(=O)[C@H](CC(=O)[C@H](N)Cc1ccccc1)Cc1ccccc1)C(=O)C[C@H](CCCN)C(=O)NCCCC[C@H](NC(=O)[C@@H](CCCN)CC(=O)[C@@H](CC(C)C)NC(=O)[C@H](CC(=O)[C@H](N)Cc1ccccc1)Cc1ccccc1)C(N)=O. The van der Waals surface area contributed by atoms with Crippen LogP contribution in [0.4, 0.5) is 0 Å². The number of rotatable bonds is 43. The molecule has 0 aliphatic rings. The number of Topliss-reactive ketones (excluding diaryl/α,β-unsaturated/α-hetero) is 4. The minimum Gasteiger partial charge on any atom is -0.368 e. The van der Waals surface area contributed by atoms with Crippen LogP contribution in [0.25, 0.3) is 0 Å². The van der Waals surface area contributed by atoms with Crippen molar-refractivity contribution in [3.05, 3.63) is 144 Å². The van der Waals surface area contributed by atoms with Crippen molar-refractivity contribution in [2.24, 2.45) is 64.2 Å². The minimum atomic E-state index is -1.11. The molecule has 0 radical (unpaired) electrons. The maximum atomic E-state index is 14.3. The van der Waals surface area contributed by atoms with E-state index in [9.17, 15) is 43.2 Å². The van der Waals surface area contributed by atoms with Crippen molar-refractivity contribution in [1.29, 1.82) is 0 Å². The number of hydrogen-bond donors (Lipinski definition) is 9. The Hall–Kier alpha value is -7.25. The number of carbonyl (C=O) groups excluding carboxylic acids is 9. The highest BCUT2D eigenvalue weighted by atomic mass is 16.2. The van der Waals surface area contributed by atoms with Crippen LogP contribution in [-0.2, 0) is 68.8 Å². The van der Waals surface area contributed by atoms with Crippen LogP contribution < -0.4 is 49.9 Å². The molecule has 0 unspecified atom stereocenters. The summed E-state index contributed by atoms with van der Waals surface area (Å²) in [4.78, 5) is 125. The predicted octanol–water partition coefficient (Wildman–Crippen LogP) is 6.98. The fourth-order valence-electron chi connectivity index (χ4n) is 10.7. The number of benzene rings is 4. The zero-order chi connectivity index (χ0) is 63.0. The molecule has 0 saturated heterocycles. The second-order valence-corrected chi connectivity index (χ2v) is 23.9. The minimum absolute atomic E-state index is 0. The fraction of sp³-hybridized carbons (Fsp3) is 0.529. The lowest BCUT2D eigenvalue weighted by atomic mass is 9.88. The van der Waals surface area contributed by atoms with Crippen molar-refractivity contribution in [2.45, 2.75) is 182 Å². The second kappa shape index (κ2) is 41.8. The number of ketones is 4. The number of unbranched alkanes of at least 4 members (excludes halogenated alkanes) is 1. The van der Waals surface area contributed by atoms with Gasteiger partial charge >= 0.3 is 0 Å². The van der Waals surface area contributed by atoms with Gasteiger partial charge in [0.15, 0.2) is 23.1 Å². The normalized spacial score (nSPS) is 14.2. The summed E-state index contributed by atoms with van der Waals surface area (Å²) in [7, 11) is 0. The lowest BCUT2D eigenvalue weighted by molar-refractivity contribution is -0.135. The largest absolute Gasteiger partial charge is 0.368 e. The van der Waals surface area contributed by atoms with Crippen LogP contribution in [0.1, 0.15) is 148 Å². The summed E-state index contributed by atoms with van der Waals surface area (Å²) in [6, 6.07) is 32.7. The maximum Gasteiger partial charge on any atom is 0.239 e. The smallest absolute Gasteiger partial charge is 0.239 e. The van der Waals surface area contributed by atoms with Gasteiger partial charge in [-0.05, 0) is 131 Å². The van der Waals surface area contributed by atoms with E-state index >= 15 is 0 Å². The first-order valence-electron chi connectivity index (χ1n) is 30.8. The third-order valence-corrected chi connectivity index (χ3v) is 15.6.